The maximum Gasteiger partial charge on any atom is 0.397 e. The van der Waals surface area contributed by atoms with Crippen LogP contribution >= 0.6 is 0 Å². The summed E-state index contributed by atoms with van der Waals surface area (Å²) in [6.07, 6.45) is 6.10. The first-order chi connectivity index (χ1) is 17.4. The Morgan fingerprint density at radius 3 is 2.37 bits per heavy atom. The molecule has 0 spiro atoms. The largest absolute Gasteiger partial charge is 0.397 e. The predicted molar refractivity (Wildman–Crippen MR) is 141 cm³/mol. The van der Waals surface area contributed by atoms with Crippen LogP contribution in [-0.4, -0.2) is 74.6 Å². The maximum atomic E-state index is 11.7. The second-order valence-electron chi connectivity index (χ2n) is 13.8. The summed E-state index contributed by atoms with van der Waals surface area (Å²) in [5, 5.41) is 55.3. The van der Waals surface area contributed by atoms with Crippen LogP contribution in [0.5, 0.6) is 0 Å². The van der Waals surface area contributed by atoms with Crippen LogP contribution in [0.25, 0.3) is 0 Å². The van der Waals surface area contributed by atoms with E-state index in [1.807, 2.05) is 12.2 Å². The Morgan fingerprint density at radius 1 is 1.08 bits per heavy atom. The maximum absolute atomic E-state index is 11.7. The summed E-state index contributed by atoms with van der Waals surface area (Å²) in [7, 11) is -4.65. The first kappa shape index (κ1) is 30.4. The molecule has 0 aromatic carbocycles. The van der Waals surface area contributed by atoms with Gasteiger partial charge in [0.15, 0.2) is 0 Å². The van der Waals surface area contributed by atoms with Crippen LogP contribution in [0.1, 0.15) is 79.6 Å². The van der Waals surface area contributed by atoms with Gasteiger partial charge >= 0.3 is 10.4 Å². The zero-order chi connectivity index (χ0) is 28.5. The summed E-state index contributed by atoms with van der Waals surface area (Å²) < 4.78 is 35.1. The number of aliphatic hydroxyl groups excluding tert-OH is 3. The van der Waals surface area contributed by atoms with Gasteiger partial charge < -0.3 is 25.5 Å². The van der Waals surface area contributed by atoms with E-state index in [-0.39, 0.29) is 41.4 Å². The predicted octanol–water partition coefficient (Wildman–Crippen LogP) is 2.46. The molecule has 4 aliphatic rings. The minimum absolute atomic E-state index is 0.00586. The SMILES string of the molecule is C[C@H](/C=C/[C@H](C)[C@@](C)(O)COS(=O)(=O)O)[C@H]1C[C@H](O)[C@H]2[C@@H]3C[C@@H](O)[C@@]4(O)C[C@@H](O)CC[C@]4(C)[C@H]3CC[C@@]21C. The van der Waals surface area contributed by atoms with Gasteiger partial charge in [-0.2, -0.15) is 8.42 Å². The molecule has 0 heterocycles. The van der Waals surface area contributed by atoms with Crippen molar-refractivity contribution in [3.63, 3.8) is 0 Å². The summed E-state index contributed by atoms with van der Waals surface area (Å²) in [6, 6.07) is 0. The molecule has 9 nitrogen and oxygen atoms in total. The van der Waals surface area contributed by atoms with Crippen molar-refractivity contribution in [2.45, 2.75) is 109 Å². The molecule has 6 N–H and O–H groups in total. The Hall–Kier alpha value is -0.590. The lowest BCUT2D eigenvalue weighted by atomic mass is 9.42. The molecule has 4 rings (SSSR count). The first-order valence-corrected chi connectivity index (χ1v) is 15.5. The van der Waals surface area contributed by atoms with Gasteiger partial charge in [-0.1, -0.05) is 39.8 Å². The van der Waals surface area contributed by atoms with Crippen LogP contribution in [-0.2, 0) is 14.6 Å². The van der Waals surface area contributed by atoms with Crippen molar-refractivity contribution in [1.82, 2.24) is 0 Å². The van der Waals surface area contributed by atoms with Crippen LogP contribution in [0.15, 0.2) is 12.2 Å². The van der Waals surface area contributed by atoms with Gasteiger partial charge in [-0.05, 0) is 80.5 Å². The molecule has 10 heteroatoms. The molecule has 4 fully saturated rings. The van der Waals surface area contributed by atoms with E-state index in [1.165, 1.54) is 6.92 Å². The Balaban J connectivity index is 1.52. The van der Waals surface area contributed by atoms with Crippen LogP contribution in [0.4, 0.5) is 0 Å². The highest BCUT2D eigenvalue weighted by molar-refractivity contribution is 7.80. The van der Waals surface area contributed by atoms with Crippen LogP contribution < -0.4 is 0 Å². The van der Waals surface area contributed by atoms with Crippen LogP contribution in [0.3, 0.4) is 0 Å². The highest BCUT2D eigenvalue weighted by Crippen LogP contribution is 2.69. The van der Waals surface area contributed by atoms with Gasteiger partial charge in [-0.25, -0.2) is 4.18 Å². The second-order valence-corrected chi connectivity index (χ2v) is 14.9. The van der Waals surface area contributed by atoms with Crippen LogP contribution in [0, 0.1) is 46.3 Å². The summed E-state index contributed by atoms with van der Waals surface area (Å²) in [6.45, 7) is 9.06. The molecule has 0 aromatic rings. The van der Waals surface area contributed by atoms with Crippen molar-refractivity contribution in [1.29, 1.82) is 0 Å². The quantitative estimate of drug-likeness (QED) is 0.203. The number of hydrogen-bond donors (Lipinski definition) is 6. The Kier molecular flexibility index (Phi) is 8.03. The number of fused-ring (bicyclic) bond motifs is 5. The molecule has 38 heavy (non-hydrogen) atoms. The van der Waals surface area contributed by atoms with Gasteiger partial charge in [0.1, 0.15) is 0 Å². The highest BCUT2D eigenvalue weighted by atomic mass is 32.3. The summed E-state index contributed by atoms with van der Waals surface area (Å²) in [5.74, 6) is 0.0304. The molecule has 0 aliphatic heterocycles. The molecule has 0 unspecified atom stereocenters. The molecule has 0 aromatic heterocycles. The smallest absolute Gasteiger partial charge is 0.393 e. The third-order valence-corrected chi connectivity index (χ3v) is 12.1. The molecule has 4 saturated carbocycles. The minimum Gasteiger partial charge on any atom is -0.393 e. The summed E-state index contributed by atoms with van der Waals surface area (Å²) in [4.78, 5) is 0. The third kappa shape index (κ3) is 5.02. The van der Waals surface area contributed by atoms with Crippen molar-refractivity contribution in [2.75, 3.05) is 6.61 Å². The zero-order valence-corrected chi connectivity index (χ0v) is 24.1. The van der Waals surface area contributed by atoms with E-state index in [0.717, 1.165) is 12.8 Å². The Bertz CT molecular complexity index is 1010. The molecule has 0 radical (unpaired) electrons. The molecule has 0 amide bonds. The average molecular weight is 561 g/mol. The second kappa shape index (κ2) is 10.0. The van der Waals surface area contributed by atoms with E-state index in [9.17, 15) is 34.0 Å². The first-order valence-electron chi connectivity index (χ1n) is 14.1. The number of allylic oxidation sites excluding steroid dienone is 1. The summed E-state index contributed by atoms with van der Waals surface area (Å²) in [5.41, 5.74) is -3.50. The average Bonchev–Trinajstić information content (AvgIpc) is 3.08. The van der Waals surface area contributed by atoms with Gasteiger partial charge in [0, 0.05) is 17.8 Å². The monoisotopic (exact) mass is 560 g/mol. The number of aliphatic hydroxyl groups is 5. The molecule has 4 aliphatic carbocycles. The van der Waals surface area contributed by atoms with Crippen molar-refractivity contribution >= 4 is 10.4 Å². The van der Waals surface area contributed by atoms with Gasteiger partial charge in [-0.15, -0.1) is 0 Å². The fourth-order valence-electron chi connectivity index (χ4n) is 9.20. The third-order valence-electron chi connectivity index (χ3n) is 11.7. The van der Waals surface area contributed by atoms with E-state index in [4.69, 9.17) is 4.55 Å². The number of hydrogen-bond acceptors (Lipinski definition) is 8. The molecule has 220 valence electrons. The van der Waals surface area contributed by atoms with Crippen molar-refractivity contribution in [2.24, 2.45) is 46.3 Å². The van der Waals surface area contributed by atoms with Crippen LogP contribution in [0.2, 0.25) is 0 Å². The summed E-state index contributed by atoms with van der Waals surface area (Å²) >= 11 is 0. The van der Waals surface area contributed by atoms with Gasteiger partial charge in [0.05, 0.1) is 36.1 Å². The number of rotatable bonds is 7. The Labute approximate surface area is 227 Å². The highest BCUT2D eigenvalue weighted by Gasteiger charge is 2.68. The van der Waals surface area contributed by atoms with Gasteiger partial charge in [0.25, 0.3) is 0 Å². The zero-order valence-electron chi connectivity index (χ0n) is 23.3. The van der Waals surface area contributed by atoms with Crippen molar-refractivity contribution < 1.29 is 42.7 Å². The van der Waals surface area contributed by atoms with Crippen molar-refractivity contribution in [3.05, 3.63) is 12.2 Å². The van der Waals surface area contributed by atoms with Gasteiger partial charge in [0.2, 0.25) is 0 Å². The Morgan fingerprint density at radius 2 is 1.74 bits per heavy atom. The fraction of sp³-hybridized carbons (Fsp3) is 0.929. The van der Waals surface area contributed by atoms with E-state index in [1.54, 1.807) is 6.92 Å². The fourth-order valence-corrected chi connectivity index (χ4v) is 9.59. The lowest BCUT2D eigenvalue weighted by molar-refractivity contribution is -0.268. The topological polar surface area (TPSA) is 165 Å². The molecule has 13 atom stereocenters. The standard InChI is InChI=1S/C28H48O9S/c1-16(6-7-17(2)27(5,32)15-37-38(34,35)36)21-13-22(30)24-19-12-23(31)28(33)14-18(29)8-11-26(28,4)20(19)9-10-25(21,24)3/h6-7,16-24,29-33H,8-15H2,1-5H3,(H,34,35,36)/b7-6+/t16-,17+,18+,19-,20+,21-,22+,23-,24-,25-,26-,27+,28+/m1/s1. The van der Waals surface area contributed by atoms with E-state index < -0.39 is 57.9 Å². The van der Waals surface area contributed by atoms with E-state index in [0.29, 0.717) is 25.7 Å². The molecular formula is C28H48O9S. The molecular weight excluding hydrogens is 512 g/mol. The van der Waals surface area contributed by atoms with Gasteiger partial charge in [-0.3, -0.25) is 4.55 Å². The normalized spacial score (nSPS) is 48.6. The van der Waals surface area contributed by atoms with E-state index >= 15 is 0 Å². The lowest BCUT2D eigenvalue weighted by Crippen LogP contribution is -2.69. The van der Waals surface area contributed by atoms with Crippen molar-refractivity contribution in [3.8, 4) is 0 Å². The molecule has 0 saturated heterocycles. The molecule has 0 bridgehead atoms. The lowest BCUT2D eigenvalue weighted by Gasteiger charge is -2.65. The minimum atomic E-state index is -4.65. The van der Waals surface area contributed by atoms with E-state index in [2.05, 4.69) is 25.0 Å².